The lowest BCUT2D eigenvalue weighted by atomic mass is 9.99. The van der Waals surface area contributed by atoms with Gasteiger partial charge in [0.25, 0.3) is 5.91 Å². The number of anilines is 1. The Balaban J connectivity index is 1.63. The Morgan fingerprint density at radius 1 is 1.07 bits per heavy atom. The number of hydrogen-bond donors (Lipinski definition) is 3. The van der Waals surface area contributed by atoms with Crippen molar-refractivity contribution < 1.29 is 24.1 Å². The summed E-state index contributed by atoms with van der Waals surface area (Å²) in [5, 5.41) is 21.1. The number of carbonyl (C=O) groups excluding carboxylic acids is 1. The number of amides is 1. The molecule has 0 saturated heterocycles. The van der Waals surface area contributed by atoms with Gasteiger partial charge in [0.1, 0.15) is 18.2 Å². The summed E-state index contributed by atoms with van der Waals surface area (Å²) in [6.07, 6.45) is 0.648. The van der Waals surface area contributed by atoms with Crippen LogP contribution in [-0.4, -0.2) is 47.3 Å². The van der Waals surface area contributed by atoms with E-state index >= 15 is 0 Å². The highest BCUT2D eigenvalue weighted by atomic mass is 19.1. The van der Waals surface area contributed by atoms with Crippen LogP contribution in [0.1, 0.15) is 28.7 Å². The molecule has 0 bridgehead atoms. The fraction of sp³-hybridized carbons (Fsp3) is 0.318. The average molecular weight is 398 g/mol. The van der Waals surface area contributed by atoms with Crippen molar-refractivity contribution in [2.75, 3.05) is 31.6 Å². The van der Waals surface area contributed by atoms with Crippen LogP contribution >= 0.6 is 0 Å². The SMILES string of the molecule is O=C1Nc2ccc(F)cc2C1=C1OCc2cc(CN(CCO)CCCO)ccc21. The summed E-state index contributed by atoms with van der Waals surface area (Å²) in [6, 6.07) is 10.1. The normalized spacial score (nSPS) is 17.3. The molecule has 0 aliphatic carbocycles. The molecule has 2 aliphatic rings. The van der Waals surface area contributed by atoms with Crippen molar-refractivity contribution >= 4 is 22.9 Å². The van der Waals surface area contributed by atoms with Gasteiger partial charge >= 0.3 is 0 Å². The molecule has 7 heteroatoms. The minimum Gasteiger partial charge on any atom is -0.487 e. The molecule has 2 aromatic carbocycles. The Morgan fingerprint density at radius 3 is 2.72 bits per heavy atom. The van der Waals surface area contributed by atoms with Crippen molar-refractivity contribution in [2.24, 2.45) is 0 Å². The van der Waals surface area contributed by atoms with Gasteiger partial charge in [-0.05, 0) is 30.2 Å². The van der Waals surface area contributed by atoms with Gasteiger partial charge in [0.05, 0.1) is 12.2 Å². The molecule has 6 nitrogen and oxygen atoms in total. The van der Waals surface area contributed by atoms with E-state index < -0.39 is 5.82 Å². The van der Waals surface area contributed by atoms with E-state index in [4.69, 9.17) is 9.84 Å². The van der Waals surface area contributed by atoms with E-state index in [9.17, 15) is 14.3 Å². The summed E-state index contributed by atoms with van der Waals surface area (Å²) in [7, 11) is 0. The van der Waals surface area contributed by atoms with Crippen LogP contribution in [0.3, 0.4) is 0 Å². The van der Waals surface area contributed by atoms with E-state index in [-0.39, 0.29) is 19.1 Å². The van der Waals surface area contributed by atoms with Crippen molar-refractivity contribution in [3.05, 3.63) is 64.5 Å². The van der Waals surface area contributed by atoms with E-state index in [0.717, 1.165) is 16.7 Å². The Morgan fingerprint density at radius 2 is 1.93 bits per heavy atom. The van der Waals surface area contributed by atoms with Crippen LogP contribution in [0.25, 0.3) is 11.3 Å². The van der Waals surface area contributed by atoms with Crippen LogP contribution in [0.4, 0.5) is 10.1 Å². The zero-order valence-corrected chi connectivity index (χ0v) is 15.9. The maximum Gasteiger partial charge on any atom is 0.260 e. The van der Waals surface area contributed by atoms with Gasteiger partial charge in [-0.1, -0.05) is 18.2 Å². The fourth-order valence-electron chi connectivity index (χ4n) is 3.85. The lowest BCUT2D eigenvalue weighted by molar-refractivity contribution is -0.110. The maximum atomic E-state index is 13.7. The number of nitrogens with one attached hydrogen (secondary N) is 1. The molecule has 0 fully saturated rings. The highest BCUT2D eigenvalue weighted by Gasteiger charge is 2.32. The number of rotatable bonds is 7. The molecule has 2 aliphatic heterocycles. The number of fused-ring (bicyclic) bond motifs is 2. The lowest BCUT2D eigenvalue weighted by Crippen LogP contribution is -2.28. The van der Waals surface area contributed by atoms with Gasteiger partial charge in [-0.3, -0.25) is 9.69 Å². The van der Waals surface area contributed by atoms with E-state index in [0.29, 0.717) is 55.2 Å². The van der Waals surface area contributed by atoms with Gasteiger partial charge in [-0.15, -0.1) is 0 Å². The van der Waals surface area contributed by atoms with Crippen LogP contribution in [0.5, 0.6) is 0 Å². The molecule has 0 aromatic heterocycles. The largest absolute Gasteiger partial charge is 0.487 e. The maximum absolute atomic E-state index is 13.7. The molecule has 1 amide bonds. The number of aliphatic hydroxyl groups excluding tert-OH is 2. The highest BCUT2D eigenvalue weighted by Crippen LogP contribution is 2.41. The summed E-state index contributed by atoms with van der Waals surface area (Å²) in [5.74, 6) is -0.227. The smallest absolute Gasteiger partial charge is 0.260 e. The molecule has 4 rings (SSSR count). The van der Waals surface area contributed by atoms with Gasteiger partial charge < -0.3 is 20.3 Å². The second-order valence-electron chi connectivity index (χ2n) is 7.21. The first-order valence-corrected chi connectivity index (χ1v) is 9.65. The number of nitrogens with zero attached hydrogens (tertiary/aromatic N) is 1. The summed E-state index contributed by atoms with van der Waals surface area (Å²) in [6.45, 7) is 2.39. The number of halogens is 1. The van der Waals surface area contributed by atoms with Crippen LogP contribution in [0, 0.1) is 5.82 Å². The average Bonchev–Trinajstić information content (AvgIpc) is 3.25. The van der Waals surface area contributed by atoms with Crippen molar-refractivity contribution in [2.45, 2.75) is 19.6 Å². The molecule has 0 spiro atoms. The molecular formula is C22H23FN2O4. The number of hydrogen-bond acceptors (Lipinski definition) is 5. The minimum absolute atomic E-state index is 0.0564. The predicted molar refractivity (Wildman–Crippen MR) is 107 cm³/mol. The number of aliphatic hydroxyl groups is 2. The van der Waals surface area contributed by atoms with E-state index in [1.165, 1.54) is 12.1 Å². The molecule has 152 valence electrons. The second kappa shape index (κ2) is 8.32. The standard InChI is InChI=1S/C22H23FN2O4/c23-16-3-5-19-18(11-16)20(22(28)24-19)21-17-4-2-14(10-15(17)13-29-21)12-25(7-9-27)6-1-8-26/h2-5,10-11,26-27H,1,6-9,12-13H2,(H,24,28). The van der Waals surface area contributed by atoms with Gasteiger partial charge in [0.2, 0.25) is 0 Å². The molecule has 0 radical (unpaired) electrons. The summed E-state index contributed by atoms with van der Waals surface area (Å²) >= 11 is 0. The monoisotopic (exact) mass is 398 g/mol. The summed E-state index contributed by atoms with van der Waals surface area (Å²) < 4.78 is 19.6. The zero-order valence-electron chi connectivity index (χ0n) is 15.9. The fourth-order valence-corrected chi connectivity index (χ4v) is 3.85. The van der Waals surface area contributed by atoms with Crippen LogP contribution in [0.15, 0.2) is 36.4 Å². The Kier molecular flexibility index (Phi) is 5.62. The van der Waals surface area contributed by atoms with Crippen LogP contribution < -0.4 is 5.32 Å². The molecule has 2 heterocycles. The molecule has 0 atom stereocenters. The highest BCUT2D eigenvalue weighted by molar-refractivity contribution is 6.36. The topological polar surface area (TPSA) is 82.0 Å². The van der Waals surface area contributed by atoms with E-state index in [1.54, 1.807) is 6.07 Å². The second-order valence-corrected chi connectivity index (χ2v) is 7.21. The first-order valence-electron chi connectivity index (χ1n) is 9.65. The van der Waals surface area contributed by atoms with E-state index in [1.807, 2.05) is 18.2 Å². The van der Waals surface area contributed by atoms with E-state index in [2.05, 4.69) is 10.2 Å². The predicted octanol–water partition coefficient (Wildman–Crippen LogP) is 2.35. The van der Waals surface area contributed by atoms with Crippen molar-refractivity contribution in [3.63, 3.8) is 0 Å². The number of carbonyl (C=O) groups is 1. The van der Waals surface area contributed by atoms with Gasteiger partial charge in [-0.2, -0.15) is 0 Å². The molecular weight excluding hydrogens is 375 g/mol. The third-order valence-electron chi connectivity index (χ3n) is 5.19. The lowest BCUT2D eigenvalue weighted by Gasteiger charge is -2.21. The first kappa shape index (κ1) is 19.6. The van der Waals surface area contributed by atoms with Crippen molar-refractivity contribution in [1.82, 2.24) is 4.90 Å². The van der Waals surface area contributed by atoms with Crippen LogP contribution in [-0.2, 0) is 22.7 Å². The molecule has 0 unspecified atom stereocenters. The van der Waals surface area contributed by atoms with Crippen molar-refractivity contribution in [3.8, 4) is 0 Å². The molecule has 2 aromatic rings. The Labute approximate surface area is 168 Å². The minimum atomic E-state index is -0.404. The molecule has 29 heavy (non-hydrogen) atoms. The third-order valence-corrected chi connectivity index (χ3v) is 5.19. The summed E-state index contributed by atoms with van der Waals surface area (Å²) in [4.78, 5) is 14.6. The van der Waals surface area contributed by atoms with Gasteiger partial charge in [-0.25, -0.2) is 4.39 Å². The molecule has 3 N–H and O–H groups in total. The van der Waals surface area contributed by atoms with Crippen molar-refractivity contribution in [1.29, 1.82) is 0 Å². The zero-order chi connectivity index (χ0) is 20.4. The number of benzene rings is 2. The van der Waals surface area contributed by atoms with Crippen LogP contribution in [0.2, 0.25) is 0 Å². The Bertz CT molecular complexity index is 973. The quantitative estimate of drug-likeness (QED) is 0.624. The van der Waals surface area contributed by atoms with Gasteiger partial charge in [0, 0.05) is 48.6 Å². The third kappa shape index (κ3) is 3.89. The van der Waals surface area contributed by atoms with Gasteiger partial charge in [0.15, 0.2) is 0 Å². The molecule has 0 saturated carbocycles. The Hall–Kier alpha value is -2.74. The number of ether oxygens (including phenoxy) is 1. The first-order chi connectivity index (χ1) is 14.1. The summed E-state index contributed by atoms with van der Waals surface area (Å²) in [5.41, 5.74) is 4.31.